The summed E-state index contributed by atoms with van der Waals surface area (Å²) < 4.78 is 5.32. The minimum atomic E-state index is 0.663. The number of unbranched alkanes of at least 4 members (excludes halogenated alkanes) is 1. The van der Waals surface area contributed by atoms with Gasteiger partial charge in [0, 0.05) is 25.2 Å². The molecule has 0 amide bonds. The Morgan fingerprint density at radius 3 is 2.94 bits per heavy atom. The number of nitrogens with two attached hydrogens (primary N) is 1. The van der Waals surface area contributed by atoms with Crippen LogP contribution in [0.3, 0.4) is 0 Å². The minimum Gasteiger partial charge on any atom is -0.397 e. The Balaban J connectivity index is 1.71. The second-order valence-electron chi connectivity index (χ2n) is 4.47. The van der Waals surface area contributed by atoms with Gasteiger partial charge in [0.15, 0.2) is 0 Å². The predicted molar refractivity (Wildman–Crippen MR) is 68.1 cm³/mol. The van der Waals surface area contributed by atoms with Crippen LogP contribution in [0.1, 0.15) is 18.4 Å². The van der Waals surface area contributed by atoms with Gasteiger partial charge >= 0.3 is 0 Å². The van der Waals surface area contributed by atoms with E-state index in [0.717, 1.165) is 45.7 Å². The molecule has 0 unspecified atom stereocenters. The lowest BCUT2D eigenvalue weighted by Crippen LogP contribution is -2.35. The van der Waals surface area contributed by atoms with Crippen molar-refractivity contribution in [2.45, 2.75) is 19.4 Å². The van der Waals surface area contributed by atoms with Gasteiger partial charge in [-0.15, -0.1) is 9.94 Å². The highest BCUT2D eigenvalue weighted by Gasteiger charge is 2.11. The third kappa shape index (κ3) is 4.29. The molecule has 102 valence electrons. The lowest BCUT2D eigenvalue weighted by atomic mass is 10.3. The van der Waals surface area contributed by atoms with Crippen molar-refractivity contribution in [3.05, 3.63) is 18.0 Å². The van der Waals surface area contributed by atoms with Crippen molar-refractivity contribution in [2.75, 3.05) is 39.5 Å². The summed E-state index contributed by atoms with van der Waals surface area (Å²) in [5, 5.41) is 4.18. The number of aromatic nitrogens is 2. The highest BCUT2D eigenvalue weighted by Crippen LogP contribution is 2.05. The Morgan fingerprint density at radius 1 is 1.33 bits per heavy atom. The zero-order valence-corrected chi connectivity index (χ0v) is 10.8. The standard InChI is InChI=1S/C12H22N4O2/c13-3-1-2-6-18-16-11-12(9-14-16)10-15-4-7-17-8-5-15/h9,11H,1-8,10,13H2. The van der Waals surface area contributed by atoms with Gasteiger partial charge in [-0.2, -0.15) is 0 Å². The van der Waals surface area contributed by atoms with Gasteiger partial charge in [-0.05, 0) is 19.4 Å². The van der Waals surface area contributed by atoms with E-state index in [9.17, 15) is 0 Å². The average molecular weight is 254 g/mol. The molecule has 6 heteroatoms. The normalized spacial score (nSPS) is 16.9. The summed E-state index contributed by atoms with van der Waals surface area (Å²) >= 11 is 0. The van der Waals surface area contributed by atoms with Crippen LogP contribution >= 0.6 is 0 Å². The van der Waals surface area contributed by atoms with Crippen LogP contribution in [0.4, 0.5) is 0 Å². The van der Waals surface area contributed by atoms with Crippen molar-refractivity contribution in [1.29, 1.82) is 0 Å². The Bertz CT molecular complexity index is 337. The first-order chi connectivity index (χ1) is 8.88. The Labute approximate surface area is 108 Å². The molecule has 0 aromatic carbocycles. The molecule has 1 aliphatic rings. The van der Waals surface area contributed by atoms with Crippen LogP contribution in [0.15, 0.2) is 12.4 Å². The fraction of sp³-hybridized carbons (Fsp3) is 0.750. The van der Waals surface area contributed by atoms with Crippen LogP contribution in [-0.2, 0) is 11.3 Å². The van der Waals surface area contributed by atoms with E-state index < -0.39 is 0 Å². The molecule has 2 rings (SSSR count). The summed E-state index contributed by atoms with van der Waals surface area (Å²) in [6.07, 6.45) is 5.76. The van der Waals surface area contributed by atoms with Crippen molar-refractivity contribution in [2.24, 2.45) is 5.73 Å². The smallest absolute Gasteiger partial charge is 0.117 e. The van der Waals surface area contributed by atoms with Gasteiger partial charge < -0.3 is 15.3 Å². The van der Waals surface area contributed by atoms with Crippen molar-refractivity contribution in [3.63, 3.8) is 0 Å². The highest BCUT2D eigenvalue weighted by atomic mass is 16.7. The van der Waals surface area contributed by atoms with Crippen molar-refractivity contribution >= 4 is 0 Å². The summed E-state index contributed by atoms with van der Waals surface area (Å²) in [6.45, 7) is 5.91. The second-order valence-corrected chi connectivity index (χ2v) is 4.47. The summed E-state index contributed by atoms with van der Waals surface area (Å²) in [4.78, 5) is 9.39. The summed E-state index contributed by atoms with van der Waals surface area (Å²) in [7, 11) is 0. The fourth-order valence-electron chi connectivity index (χ4n) is 1.91. The molecule has 0 bridgehead atoms. The molecule has 1 fully saturated rings. The third-order valence-electron chi connectivity index (χ3n) is 2.95. The van der Waals surface area contributed by atoms with E-state index in [2.05, 4.69) is 10.00 Å². The maximum atomic E-state index is 5.48. The van der Waals surface area contributed by atoms with E-state index in [0.29, 0.717) is 13.2 Å². The Morgan fingerprint density at radius 2 is 2.17 bits per heavy atom. The molecule has 18 heavy (non-hydrogen) atoms. The SMILES string of the molecule is NCCCCOn1cc(CN2CCOCC2)cn1. The number of ether oxygens (including phenoxy) is 1. The first-order valence-corrected chi connectivity index (χ1v) is 6.55. The van der Waals surface area contributed by atoms with Gasteiger partial charge in [0.25, 0.3) is 0 Å². The molecular weight excluding hydrogens is 232 g/mol. The molecule has 6 nitrogen and oxygen atoms in total. The first-order valence-electron chi connectivity index (χ1n) is 6.55. The summed E-state index contributed by atoms with van der Waals surface area (Å²) in [5.74, 6) is 0. The molecule has 1 aromatic rings. The lowest BCUT2D eigenvalue weighted by molar-refractivity contribution is 0.0339. The largest absolute Gasteiger partial charge is 0.397 e. The maximum Gasteiger partial charge on any atom is 0.117 e. The molecule has 1 aliphatic heterocycles. The summed E-state index contributed by atoms with van der Waals surface area (Å²) in [5.41, 5.74) is 6.60. The van der Waals surface area contributed by atoms with Crippen molar-refractivity contribution < 1.29 is 9.57 Å². The number of hydrogen-bond donors (Lipinski definition) is 1. The molecule has 0 radical (unpaired) electrons. The molecule has 0 aliphatic carbocycles. The Kier molecular flexibility index (Phi) is 5.44. The van der Waals surface area contributed by atoms with Crippen molar-refractivity contribution in [1.82, 2.24) is 14.8 Å². The van der Waals surface area contributed by atoms with Crippen LogP contribution in [0.25, 0.3) is 0 Å². The van der Waals surface area contributed by atoms with Crippen LogP contribution in [0, 0.1) is 0 Å². The number of hydrogen-bond acceptors (Lipinski definition) is 5. The van der Waals surface area contributed by atoms with E-state index in [4.69, 9.17) is 15.3 Å². The van der Waals surface area contributed by atoms with Crippen LogP contribution < -0.4 is 10.6 Å². The van der Waals surface area contributed by atoms with Gasteiger partial charge in [-0.25, -0.2) is 0 Å². The van der Waals surface area contributed by atoms with Crippen LogP contribution in [0.2, 0.25) is 0 Å². The van der Waals surface area contributed by atoms with Gasteiger partial charge in [-0.1, -0.05) is 0 Å². The van der Waals surface area contributed by atoms with Gasteiger partial charge in [0.1, 0.15) is 6.61 Å². The van der Waals surface area contributed by atoms with Crippen molar-refractivity contribution in [3.8, 4) is 0 Å². The predicted octanol–water partition coefficient (Wildman–Crippen LogP) is -0.117. The molecule has 1 aromatic heterocycles. The second kappa shape index (κ2) is 7.35. The molecule has 0 spiro atoms. The molecule has 2 N–H and O–H groups in total. The molecule has 0 saturated carbocycles. The number of morpholine rings is 1. The third-order valence-corrected chi connectivity index (χ3v) is 2.95. The van der Waals surface area contributed by atoms with Crippen LogP contribution in [0.5, 0.6) is 0 Å². The molecule has 1 saturated heterocycles. The quantitative estimate of drug-likeness (QED) is 0.687. The monoisotopic (exact) mass is 254 g/mol. The average Bonchev–Trinajstić information content (AvgIpc) is 2.84. The Hall–Kier alpha value is -1.11. The zero-order valence-electron chi connectivity index (χ0n) is 10.8. The minimum absolute atomic E-state index is 0.663. The molecule has 2 heterocycles. The number of nitrogens with zero attached hydrogens (tertiary/aromatic N) is 3. The van der Waals surface area contributed by atoms with E-state index >= 15 is 0 Å². The molecular formula is C12H22N4O2. The molecule has 0 atom stereocenters. The van der Waals surface area contributed by atoms with E-state index in [-0.39, 0.29) is 0 Å². The number of rotatable bonds is 7. The van der Waals surface area contributed by atoms with Gasteiger partial charge in [-0.3, -0.25) is 4.90 Å². The lowest BCUT2D eigenvalue weighted by Gasteiger charge is -2.25. The van der Waals surface area contributed by atoms with Gasteiger partial charge in [0.2, 0.25) is 0 Å². The highest BCUT2D eigenvalue weighted by molar-refractivity contribution is 5.02. The summed E-state index contributed by atoms with van der Waals surface area (Å²) in [6, 6.07) is 0. The van der Waals surface area contributed by atoms with E-state index in [1.165, 1.54) is 5.56 Å². The first kappa shape index (κ1) is 13.3. The van der Waals surface area contributed by atoms with Gasteiger partial charge in [0.05, 0.1) is 25.6 Å². The van der Waals surface area contributed by atoms with E-state index in [1.807, 2.05) is 12.4 Å². The topological polar surface area (TPSA) is 65.5 Å². The maximum absolute atomic E-state index is 5.48. The zero-order chi connectivity index (χ0) is 12.6. The fourth-order valence-corrected chi connectivity index (χ4v) is 1.91. The van der Waals surface area contributed by atoms with E-state index in [1.54, 1.807) is 4.85 Å². The van der Waals surface area contributed by atoms with Crippen LogP contribution in [-0.4, -0.2) is 54.3 Å².